The van der Waals surface area contributed by atoms with Gasteiger partial charge in [-0.25, -0.2) is 0 Å². The number of aromatic nitrogens is 1. The molecule has 1 aromatic heterocycles. The largest absolute Gasteiger partial charge is 0.489 e. The van der Waals surface area contributed by atoms with Crippen molar-refractivity contribution >= 4 is 22.8 Å². The number of rotatable bonds is 12. The maximum absolute atomic E-state index is 13.1. The number of nitrogens with zero attached hydrogens (tertiary/aromatic N) is 2. The zero-order valence-corrected chi connectivity index (χ0v) is 21.6. The van der Waals surface area contributed by atoms with E-state index in [2.05, 4.69) is 12.1 Å². The number of hydrogen-bond acceptors (Lipinski definition) is 4. The lowest BCUT2D eigenvalue weighted by Crippen LogP contribution is -2.31. The summed E-state index contributed by atoms with van der Waals surface area (Å²) in [6.07, 6.45) is 3.60. The van der Waals surface area contributed by atoms with Gasteiger partial charge in [0.25, 0.3) is 0 Å². The number of fused-ring (bicyclic) bond motifs is 1. The van der Waals surface area contributed by atoms with Crippen LogP contribution >= 0.6 is 0 Å². The minimum absolute atomic E-state index is 0.0363. The Bertz CT molecular complexity index is 1320. The molecule has 0 atom stereocenters. The van der Waals surface area contributed by atoms with Crippen molar-refractivity contribution in [1.82, 2.24) is 9.47 Å². The van der Waals surface area contributed by atoms with Crippen molar-refractivity contribution in [1.29, 1.82) is 0 Å². The summed E-state index contributed by atoms with van der Waals surface area (Å²) in [5, 5.41) is 0.981. The van der Waals surface area contributed by atoms with Crippen LogP contribution < -0.4 is 4.74 Å². The van der Waals surface area contributed by atoms with Gasteiger partial charge >= 0.3 is 5.97 Å². The van der Waals surface area contributed by atoms with Crippen LogP contribution in [0.25, 0.3) is 10.9 Å². The van der Waals surface area contributed by atoms with E-state index in [0.29, 0.717) is 26.2 Å². The second-order valence-electron chi connectivity index (χ2n) is 9.09. The summed E-state index contributed by atoms with van der Waals surface area (Å²) in [6.45, 7) is 3.51. The van der Waals surface area contributed by atoms with E-state index >= 15 is 0 Å². The Balaban J connectivity index is 1.50. The highest BCUT2D eigenvalue weighted by atomic mass is 16.5. The monoisotopic (exact) mass is 498 g/mol. The molecule has 0 aliphatic heterocycles. The summed E-state index contributed by atoms with van der Waals surface area (Å²) < 4.78 is 13.1. The fraction of sp³-hybridized carbons (Fsp3) is 0.290. The van der Waals surface area contributed by atoms with Gasteiger partial charge in [0.05, 0.1) is 6.61 Å². The van der Waals surface area contributed by atoms with Crippen molar-refractivity contribution in [2.75, 3.05) is 20.2 Å². The van der Waals surface area contributed by atoms with Crippen LogP contribution in [-0.2, 0) is 40.3 Å². The van der Waals surface area contributed by atoms with Crippen molar-refractivity contribution in [3.05, 3.63) is 102 Å². The Morgan fingerprint density at radius 2 is 1.59 bits per heavy atom. The van der Waals surface area contributed by atoms with Gasteiger partial charge in [-0.2, -0.15) is 0 Å². The summed E-state index contributed by atoms with van der Waals surface area (Å²) in [6, 6.07) is 26.1. The Kier molecular flexibility index (Phi) is 8.98. The van der Waals surface area contributed by atoms with E-state index in [1.165, 1.54) is 5.56 Å². The van der Waals surface area contributed by atoms with Gasteiger partial charge in [-0.15, -0.1) is 0 Å². The number of hydrogen-bond donors (Lipinski definition) is 0. The quantitative estimate of drug-likeness (QED) is 0.245. The minimum Gasteiger partial charge on any atom is -0.489 e. The third-order valence-electron chi connectivity index (χ3n) is 6.40. The molecule has 192 valence electrons. The molecular weight excluding hydrogens is 464 g/mol. The van der Waals surface area contributed by atoms with E-state index in [0.717, 1.165) is 34.2 Å². The lowest BCUT2D eigenvalue weighted by molar-refractivity contribution is -0.143. The zero-order chi connectivity index (χ0) is 26.0. The Morgan fingerprint density at radius 1 is 0.892 bits per heavy atom. The summed E-state index contributed by atoms with van der Waals surface area (Å²) in [5.41, 5.74) is 4.23. The highest BCUT2D eigenvalue weighted by Gasteiger charge is 2.16. The first-order valence-electron chi connectivity index (χ1n) is 12.8. The Hall–Kier alpha value is -4.06. The van der Waals surface area contributed by atoms with E-state index in [9.17, 15) is 9.59 Å². The molecule has 0 saturated heterocycles. The first-order valence-corrected chi connectivity index (χ1v) is 12.8. The molecule has 1 amide bonds. The molecule has 0 unspecified atom stereocenters. The smallest absolute Gasteiger partial charge is 0.306 e. The topological polar surface area (TPSA) is 60.8 Å². The van der Waals surface area contributed by atoms with E-state index in [1.54, 1.807) is 11.8 Å². The fourth-order valence-electron chi connectivity index (χ4n) is 4.31. The zero-order valence-electron chi connectivity index (χ0n) is 21.6. The summed E-state index contributed by atoms with van der Waals surface area (Å²) in [7, 11) is 1.84. The SMILES string of the molecule is CCOC(=O)CCc1cn(CC(=O)N(C)CCc2ccccc2)c2ccc(OCc3ccccc3)cc12. The average molecular weight is 499 g/mol. The van der Waals surface area contributed by atoms with Crippen LogP contribution in [0.15, 0.2) is 85.1 Å². The van der Waals surface area contributed by atoms with Crippen LogP contribution in [0.1, 0.15) is 30.0 Å². The maximum Gasteiger partial charge on any atom is 0.306 e. The lowest BCUT2D eigenvalue weighted by atomic mass is 10.1. The van der Waals surface area contributed by atoms with E-state index < -0.39 is 0 Å². The van der Waals surface area contributed by atoms with Gasteiger partial charge < -0.3 is 18.9 Å². The van der Waals surface area contributed by atoms with Crippen molar-refractivity contribution < 1.29 is 19.1 Å². The van der Waals surface area contributed by atoms with Crippen LogP contribution in [0.2, 0.25) is 0 Å². The molecule has 0 spiro atoms. The van der Waals surface area contributed by atoms with Crippen molar-refractivity contribution in [2.45, 2.75) is 39.3 Å². The molecule has 6 heteroatoms. The highest BCUT2D eigenvalue weighted by Crippen LogP contribution is 2.28. The van der Waals surface area contributed by atoms with E-state index in [-0.39, 0.29) is 24.8 Å². The molecule has 0 N–H and O–H groups in total. The molecule has 0 aliphatic carbocycles. The first kappa shape index (κ1) is 26.0. The second-order valence-corrected chi connectivity index (χ2v) is 9.09. The fourth-order valence-corrected chi connectivity index (χ4v) is 4.31. The molecule has 4 aromatic rings. The molecule has 0 bridgehead atoms. The predicted octanol–water partition coefficient (Wildman–Crippen LogP) is 5.42. The molecule has 0 aliphatic rings. The molecule has 6 nitrogen and oxygen atoms in total. The number of amides is 1. The summed E-state index contributed by atoms with van der Waals surface area (Å²) in [5.74, 6) is 0.559. The van der Waals surface area contributed by atoms with Crippen molar-refractivity contribution in [3.63, 3.8) is 0 Å². The number of aryl methyl sites for hydroxylation is 1. The van der Waals surface area contributed by atoms with Gasteiger partial charge in [0, 0.05) is 37.1 Å². The van der Waals surface area contributed by atoms with Gasteiger partial charge in [-0.05, 0) is 54.7 Å². The van der Waals surface area contributed by atoms with E-state index in [4.69, 9.17) is 9.47 Å². The van der Waals surface area contributed by atoms with Crippen molar-refractivity contribution in [2.24, 2.45) is 0 Å². The maximum atomic E-state index is 13.1. The van der Waals surface area contributed by atoms with Crippen LogP contribution in [0.3, 0.4) is 0 Å². The van der Waals surface area contributed by atoms with Crippen LogP contribution in [-0.4, -0.2) is 41.5 Å². The van der Waals surface area contributed by atoms with Crippen LogP contribution in [0.5, 0.6) is 5.75 Å². The molecule has 1 heterocycles. The number of carbonyl (C=O) groups excluding carboxylic acids is 2. The first-order chi connectivity index (χ1) is 18.0. The third-order valence-corrected chi connectivity index (χ3v) is 6.40. The number of carbonyl (C=O) groups is 2. The van der Waals surface area contributed by atoms with Gasteiger partial charge in [-0.3, -0.25) is 9.59 Å². The number of esters is 1. The normalized spacial score (nSPS) is 10.9. The molecule has 0 fully saturated rings. The number of ether oxygens (including phenoxy) is 2. The van der Waals surface area contributed by atoms with Gasteiger partial charge in [-0.1, -0.05) is 60.7 Å². The minimum atomic E-state index is -0.225. The van der Waals surface area contributed by atoms with Gasteiger partial charge in [0.15, 0.2) is 0 Å². The van der Waals surface area contributed by atoms with Gasteiger partial charge in [0.1, 0.15) is 18.9 Å². The Morgan fingerprint density at radius 3 is 2.30 bits per heavy atom. The average Bonchev–Trinajstić information content (AvgIpc) is 3.27. The highest BCUT2D eigenvalue weighted by molar-refractivity contribution is 5.88. The van der Waals surface area contributed by atoms with Crippen LogP contribution in [0.4, 0.5) is 0 Å². The summed E-state index contributed by atoms with van der Waals surface area (Å²) >= 11 is 0. The molecule has 37 heavy (non-hydrogen) atoms. The second kappa shape index (κ2) is 12.8. The van der Waals surface area contributed by atoms with Crippen molar-refractivity contribution in [3.8, 4) is 5.75 Å². The molecule has 4 rings (SSSR count). The molecule has 3 aromatic carbocycles. The third kappa shape index (κ3) is 7.23. The predicted molar refractivity (Wildman–Crippen MR) is 145 cm³/mol. The van der Waals surface area contributed by atoms with E-state index in [1.807, 2.05) is 84.5 Å². The summed E-state index contributed by atoms with van der Waals surface area (Å²) in [4.78, 5) is 26.9. The Labute approximate surface area is 218 Å². The number of benzene rings is 3. The molecule has 0 saturated carbocycles. The van der Waals surface area contributed by atoms with Crippen LogP contribution in [0, 0.1) is 0 Å². The number of likely N-dealkylation sites (N-methyl/N-ethyl adjacent to an activating group) is 1. The molecule has 0 radical (unpaired) electrons. The standard InChI is InChI=1S/C31H34N2O4/c1-3-36-31(35)17-14-26-21-33(22-30(34)32(2)19-18-24-10-6-4-7-11-24)29-16-15-27(20-28(26)29)37-23-25-12-8-5-9-13-25/h4-13,15-16,20-21H,3,14,17-19,22-23H2,1-2H3. The lowest BCUT2D eigenvalue weighted by Gasteiger charge is -2.18. The van der Waals surface area contributed by atoms with Gasteiger partial charge in [0.2, 0.25) is 5.91 Å². The molecular formula is C31H34N2O4.